The van der Waals surface area contributed by atoms with Crippen LogP contribution in [0.5, 0.6) is 5.75 Å². The topological polar surface area (TPSA) is 46.5 Å². The first kappa shape index (κ1) is 15.4. The molecule has 0 heterocycles. The van der Waals surface area contributed by atoms with Crippen LogP contribution in [-0.2, 0) is 11.2 Å². The third kappa shape index (κ3) is 3.99. The van der Waals surface area contributed by atoms with Crippen molar-refractivity contribution in [3.05, 3.63) is 64.2 Å². The highest BCUT2D eigenvalue weighted by molar-refractivity contribution is 6.31. The monoisotopic (exact) mass is 304 g/mol. The Morgan fingerprint density at radius 1 is 1.19 bits per heavy atom. The first-order valence-corrected chi connectivity index (χ1v) is 7.05. The van der Waals surface area contributed by atoms with Crippen molar-refractivity contribution >= 4 is 17.6 Å². The van der Waals surface area contributed by atoms with Crippen LogP contribution in [0, 0.1) is 13.8 Å². The minimum atomic E-state index is -1.01. The summed E-state index contributed by atoms with van der Waals surface area (Å²) in [5, 5.41) is 9.89. The van der Waals surface area contributed by atoms with Gasteiger partial charge < -0.3 is 9.84 Å². The number of aryl methyl sites for hydroxylation is 2. The number of hydrogen-bond donors (Lipinski definition) is 1. The zero-order chi connectivity index (χ0) is 15.4. The molecule has 0 aromatic heterocycles. The first-order chi connectivity index (χ1) is 9.97. The highest BCUT2D eigenvalue weighted by atomic mass is 35.5. The van der Waals surface area contributed by atoms with Gasteiger partial charge in [-0.05, 0) is 48.7 Å². The van der Waals surface area contributed by atoms with Crippen LogP contribution in [0.25, 0.3) is 0 Å². The summed E-state index contributed by atoms with van der Waals surface area (Å²) >= 11 is 6.07. The molecule has 2 rings (SSSR count). The average molecular weight is 305 g/mol. The van der Waals surface area contributed by atoms with Crippen molar-refractivity contribution in [2.75, 3.05) is 0 Å². The number of rotatable bonds is 5. The van der Waals surface area contributed by atoms with Gasteiger partial charge in [-0.15, -0.1) is 0 Å². The second-order valence-corrected chi connectivity index (χ2v) is 5.39. The van der Waals surface area contributed by atoms with E-state index in [1.807, 2.05) is 44.2 Å². The Hall–Kier alpha value is -2.00. The number of ether oxygens (including phenoxy) is 1. The highest BCUT2D eigenvalue weighted by Crippen LogP contribution is 2.21. The molecule has 3 nitrogen and oxygen atoms in total. The standard InChI is InChI=1S/C17H17ClO3/c1-11-7-8-14(9-12(11)2)21-16(17(19)20)10-13-5-3-4-6-15(13)18/h3-9,16H,10H2,1-2H3,(H,19,20). The molecule has 0 aliphatic heterocycles. The Balaban J connectivity index is 2.18. The van der Waals surface area contributed by atoms with Gasteiger partial charge in [-0.1, -0.05) is 35.9 Å². The molecule has 1 atom stereocenters. The highest BCUT2D eigenvalue weighted by Gasteiger charge is 2.21. The van der Waals surface area contributed by atoms with Crippen molar-refractivity contribution in [2.45, 2.75) is 26.4 Å². The number of benzene rings is 2. The van der Waals surface area contributed by atoms with Crippen LogP contribution >= 0.6 is 11.6 Å². The maximum absolute atomic E-state index is 11.4. The zero-order valence-electron chi connectivity index (χ0n) is 12.0. The van der Waals surface area contributed by atoms with Crippen molar-refractivity contribution in [2.24, 2.45) is 0 Å². The summed E-state index contributed by atoms with van der Waals surface area (Å²) in [4.78, 5) is 11.4. The molecule has 0 fully saturated rings. The summed E-state index contributed by atoms with van der Waals surface area (Å²) in [5.74, 6) is -0.453. The number of carboxylic acids is 1. The molecule has 1 N–H and O–H groups in total. The van der Waals surface area contributed by atoms with Gasteiger partial charge in [0.2, 0.25) is 0 Å². The predicted molar refractivity (Wildman–Crippen MR) is 83.1 cm³/mol. The van der Waals surface area contributed by atoms with E-state index >= 15 is 0 Å². The van der Waals surface area contributed by atoms with Crippen LogP contribution in [-0.4, -0.2) is 17.2 Å². The van der Waals surface area contributed by atoms with Gasteiger partial charge in [-0.25, -0.2) is 4.79 Å². The van der Waals surface area contributed by atoms with Gasteiger partial charge in [0.1, 0.15) is 5.75 Å². The van der Waals surface area contributed by atoms with E-state index in [2.05, 4.69) is 0 Å². The van der Waals surface area contributed by atoms with Crippen LogP contribution < -0.4 is 4.74 Å². The molecule has 2 aromatic rings. The van der Waals surface area contributed by atoms with E-state index in [4.69, 9.17) is 16.3 Å². The Kier molecular flexibility index (Phi) is 4.86. The lowest BCUT2D eigenvalue weighted by Crippen LogP contribution is -2.29. The molecule has 2 aromatic carbocycles. The summed E-state index contributed by atoms with van der Waals surface area (Å²) in [6.45, 7) is 3.96. The smallest absolute Gasteiger partial charge is 0.345 e. The summed E-state index contributed by atoms with van der Waals surface area (Å²) in [5.41, 5.74) is 2.96. The van der Waals surface area contributed by atoms with E-state index in [0.717, 1.165) is 16.7 Å². The van der Waals surface area contributed by atoms with Crippen molar-refractivity contribution in [3.8, 4) is 5.75 Å². The second kappa shape index (κ2) is 6.64. The fourth-order valence-corrected chi connectivity index (χ4v) is 2.21. The predicted octanol–water partition coefficient (Wildman–Crippen LogP) is 4.03. The van der Waals surface area contributed by atoms with Crippen molar-refractivity contribution < 1.29 is 14.6 Å². The molecular formula is C17H17ClO3. The van der Waals surface area contributed by atoms with E-state index in [-0.39, 0.29) is 6.42 Å². The number of carbonyl (C=O) groups is 1. The molecule has 0 spiro atoms. The first-order valence-electron chi connectivity index (χ1n) is 6.67. The quantitative estimate of drug-likeness (QED) is 0.907. The molecule has 4 heteroatoms. The maximum atomic E-state index is 11.4. The van der Waals surface area contributed by atoms with Crippen LogP contribution in [0.15, 0.2) is 42.5 Å². The number of aliphatic carboxylic acids is 1. The fraction of sp³-hybridized carbons (Fsp3) is 0.235. The van der Waals surface area contributed by atoms with Gasteiger partial charge in [-0.2, -0.15) is 0 Å². The zero-order valence-corrected chi connectivity index (χ0v) is 12.7. The molecule has 0 amide bonds. The van der Waals surface area contributed by atoms with Crippen LogP contribution in [0.4, 0.5) is 0 Å². The molecule has 0 aliphatic rings. The van der Waals surface area contributed by atoms with E-state index < -0.39 is 12.1 Å². The molecule has 0 bridgehead atoms. The summed E-state index contributed by atoms with van der Waals surface area (Å²) in [6.07, 6.45) is -0.742. The van der Waals surface area contributed by atoms with Crippen LogP contribution in [0.2, 0.25) is 5.02 Å². The summed E-state index contributed by atoms with van der Waals surface area (Å²) in [6, 6.07) is 12.7. The molecule has 0 radical (unpaired) electrons. The number of halogens is 1. The lowest BCUT2D eigenvalue weighted by molar-refractivity contribution is -0.145. The van der Waals surface area contributed by atoms with Crippen molar-refractivity contribution in [3.63, 3.8) is 0 Å². The van der Waals surface area contributed by atoms with Crippen LogP contribution in [0.1, 0.15) is 16.7 Å². The van der Waals surface area contributed by atoms with Gasteiger partial charge >= 0.3 is 5.97 Å². The lowest BCUT2D eigenvalue weighted by atomic mass is 10.1. The van der Waals surface area contributed by atoms with E-state index in [0.29, 0.717) is 10.8 Å². The Labute approximate surface area is 129 Å². The Morgan fingerprint density at radius 2 is 1.90 bits per heavy atom. The molecule has 1 unspecified atom stereocenters. The summed E-state index contributed by atoms with van der Waals surface area (Å²) in [7, 11) is 0. The number of carboxylic acid groups (broad SMARTS) is 1. The normalized spacial score (nSPS) is 12.0. The molecule has 21 heavy (non-hydrogen) atoms. The van der Waals surface area contributed by atoms with Crippen molar-refractivity contribution in [1.82, 2.24) is 0 Å². The van der Waals surface area contributed by atoms with E-state index in [1.165, 1.54) is 0 Å². The molecule has 0 aliphatic carbocycles. The lowest BCUT2D eigenvalue weighted by Gasteiger charge is -2.16. The van der Waals surface area contributed by atoms with Crippen LogP contribution in [0.3, 0.4) is 0 Å². The molecular weight excluding hydrogens is 288 g/mol. The fourth-order valence-electron chi connectivity index (χ4n) is 1.99. The van der Waals surface area contributed by atoms with Gasteiger partial charge in [0.25, 0.3) is 0 Å². The summed E-state index contributed by atoms with van der Waals surface area (Å²) < 4.78 is 5.61. The number of hydrogen-bond acceptors (Lipinski definition) is 2. The average Bonchev–Trinajstić information content (AvgIpc) is 2.44. The second-order valence-electron chi connectivity index (χ2n) is 4.99. The third-order valence-electron chi connectivity index (χ3n) is 3.40. The third-order valence-corrected chi connectivity index (χ3v) is 3.76. The Bertz CT molecular complexity index is 652. The SMILES string of the molecule is Cc1ccc(OC(Cc2ccccc2Cl)C(=O)O)cc1C. The van der Waals surface area contributed by atoms with E-state index in [1.54, 1.807) is 12.1 Å². The van der Waals surface area contributed by atoms with Gasteiger partial charge in [0, 0.05) is 11.4 Å². The minimum absolute atomic E-state index is 0.224. The largest absolute Gasteiger partial charge is 0.478 e. The van der Waals surface area contributed by atoms with E-state index in [9.17, 15) is 9.90 Å². The minimum Gasteiger partial charge on any atom is -0.478 e. The van der Waals surface area contributed by atoms with Gasteiger partial charge in [0.15, 0.2) is 6.10 Å². The van der Waals surface area contributed by atoms with Gasteiger partial charge in [0.05, 0.1) is 0 Å². The molecule has 0 saturated heterocycles. The van der Waals surface area contributed by atoms with Gasteiger partial charge in [-0.3, -0.25) is 0 Å². The molecule has 110 valence electrons. The molecule has 0 saturated carbocycles. The Morgan fingerprint density at radius 3 is 2.52 bits per heavy atom. The maximum Gasteiger partial charge on any atom is 0.345 e. The van der Waals surface area contributed by atoms with Crippen molar-refractivity contribution in [1.29, 1.82) is 0 Å².